The summed E-state index contributed by atoms with van der Waals surface area (Å²) in [4.78, 5) is 11.9. The number of rotatable bonds is 8. The second-order valence-electron chi connectivity index (χ2n) is 7.12. The predicted octanol–water partition coefficient (Wildman–Crippen LogP) is 2.49. The van der Waals surface area contributed by atoms with Crippen LogP contribution in [0.4, 0.5) is 0 Å². The molecule has 0 aromatic heterocycles. The molecule has 0 aliphatic carbocycles. The van der Waals surface area contributed by atoms with Gasteiger partial charge in [-0.1, -0.05) is 0 Å². The molecule has 22 heavy (non-hydrogen) atoms. The molecule has 128 valence electrons. The molecule has 1 aliphatic rings. The van der Waals surface area contributed by atoms with Crippen LogP contribution >= 0.6 is 0 Å². The molecule has 2 unspecified atom stereocenters. The summed E-state index contributed by atoms with van der Waals surface area (Å²) in [5.41, 5.74) is 0. The van der Waals surface area contributed by atoms with Crippen LogP contribution in [0.2, 0.25) is 39.3 Å². The zero-order chi connectivity index (χ0) is 17.1. The summed E-state index contributed by atoms with van der Waals surface area (Å²) in [6.45, 7) is 12.9. The molecule has 1 aliphatic heterocycles. The van der Waals surface area contributed by atoms with Crippen LogP contribution in [0.5, 0.6) is 0 Å². The molecule has 0 aromatic carbocycles. The van der Waals surface area contributed by atoms with Gasteiger partial charge in [0.25, 0.3) is 0 Å². The average Bonchev–Trinajstić information content (AvgIpc) is 2.68. The molecule has 6 nitrogen and oxygen atoms in total. The maximum absolute atomic E-state index is 11.9. The van der Waals surface area contributed by atoms with Crippen LogP contribution in [0.15, 0.2) is 11.5 Å². The number of carbonyl (C=O) groups excluding carboxylic acids is 1. The quantitative estimate of drug-likeness (QED) is 0.496. The Bertz CT molecular complexity index is 436. The molecule has 0 N–H and O–H groups in total. The number of cyclic esters (lactones) is 1. The number of carbonyl (C=O) groups is 1. The van der Waals surface area contributed by atoms with Gasteiger partial charge in [0.05, 0.1) is 20.8 Å². The lowest BCUT2D eigenvalue weighted by Gasteiger charge is -2.32. The van der Waals surface area contributed by atoms with Gasteiger partial charge in [0.15, 0.2) is 28.5 Å². The summed E-state index contributed by atoms with van der Waals surface area (Å²) in [5, 5.41) is 0. The molecule has 0 aromatic rings. The van der Waals surface area contributed by atoms with Gasteiger partial charge >= 0.3 is 5.97 Å². The summed E-state index contributed by atoms with van der Waals surface area (Å²) in [6.07, 6.45) is -1.03. The third-order valence-electron chi connectivity index (χ3n) is 2.85. The molecular weight excluding hydrogens is 320 g/mol. The number of ether oxygens (including phenoxy) is 3. The maximum atomic E-state index is 11.9. The molecule has 0 fully saturated rings. The Labute approximate surface area is 135 Å². The van der Waals surface area contributed by atoms with E-state index in [-0.39, 0.29) is 5.76 Å². The first-order valence-electron chi connectivity index (χ1n) is 7.33. The van der Waals surface area contributed by atoms with Gasteiger partial charge in [-0.15, -0.1) is 0 Å². The first-order valence-corrected chi connectivity index (χ1v) is 14.1. The lowest BCUT2D eigenvalue weighted by molar-refractivity contribution is -0.147. The monoisotopic (exact) mass is 348 g/mol. The van der Waals surface area contributed by atoms with E-state index in [9.17, 15) is 4.79 Å². The minimum atomic E-state index is -1.86. The van der Waals surface area contributed by atoms with Crippen LogP contribution in [0.1, 0.15) is 0 Å². The number of methoxy groups -OCH3 is 2. The van der Waals surface area contributed by atoms with Crippen molar-refractivity contribution in [1.29, 1.82) is 0 Å². The Morgan fingerprint density at radius 1 is 1.05 bits per heavy atom. The Hall–Kier alpha value is -0.836. The van der Waals surface area contributed by atoms with Gasteiger partial charge in [0.1, 0.15) is 6.10 Å². The minimum Gasteiger partial charge on any atom is -0.493 e. The standard InChI is InChI=1S/C14H28O6Si2/c1-16-12-11(19-14(15)13(12)17-2)10(20-22(6,7)8)9-18-21(3,4)5/h10-11H,9H2,1-8H3. The van der Waals surface area contributed by atoms with Crippen molar-refractivity contribution in [2.24, 2.45) is 0 Å². The summed E-state index contributed by atoms with van der Waals surface area (Å²) in [5.74, 6) is -0.0545. The lowest BCUT2D eigenvalue weighted by atomic mass is 10.2. The fourth-order valence-corrected chi connectivity index (χ4v) is 3.82. The van der Waals surface area contributed by atoms with Crippen LogP contribution < -0.4 is 0 Å². The first-order chi connectivity index (χ1) is 9.98. The maximum Gasteiger partial charge on any atom is 0.378 e. The summed E-state index contributed by atoms with van der Waals surface area (Å²) in [6, 6.07) is 0. The average molecular weight is 349 g/mol. The van der Waals surface area contributed by atoms with E-state index in [1.54, 1.807) is 0 Å². The van der Waals surface area contributed by atoms with E-state index in [0.717, 1.165) is 0 Å². The second kappa shape index (κ2) is 7.16. The summed E-state index contributed by atoms with van der Waals surface area (Å²) < 4.78 is 28.0. The van der Waals surface area contributed by atoms with E-state index < -0.39 is 34.8 Å². The van der Waals surface area contributed by atoms with Crippen molar-refractivity contribution in [1.82, 2.24) is 0 Å². The number of hydrogen-bond acceptors (Lipinski definition) is 6. The highest BCUT2D eigenvalue weighted by atomic mass is 28.4. The zero-order valence-corrected chi connectivity index (χ0v) is 16.8. The van der Waals surface area contributed by atoms with Crippen LogP contribution in [0.3, 0.4) is 0 Å². The van der Waals surface area contributed by atoms with Crippen molar-refractivity contribution in [2.75, 3.05) is 20.8 Å². The third-order valence-corrected chi connectivity index (χ3v) is 4.89. The Morgan fingerprint density at radius 3 is 2.05 bits per heavy atom. The van der Waals surface area contributed by atoms with Crippen molar-refractivity contribution in [2.45, 2.75) is 51.5 Å². The van der Waals surface area contributed by atoms with Gasteiger partial charge in [0.2, 0.25) is 5.76 Å². The highest BCUT2D eigenvalue weighted by Gasteiger charge is 2.44. The summed E-state index contributed by atoms with van der Waals surface area (Å²) in [7, 11) is -0.654. The molecule has 0 saturated carbocycles. The minimum absolute atomic E-state index is 0.102. The van der Waals surface area contributed by atoms with E-state index in [2.05, 4.69) is 39.3 Å². The van der Waals surface area contributed by atoms with Crippen LogP contribution in [0, 0.1) is 0 Å². The third kappa shape index (κ3) is 5.42. The molecule has 0 radical (unpaired) electrons. The normalized spacial score (nSPS) is 20.9. The second-order valence-corrected chi connectivity index (χ2v) is 16.1. The van der Waals surface area contributed by atoms with Gasteiger partial charge in [-0.3, -0.25) is 0 Å². The molecule has 1 heterocycles. The van der Waals surface area contributed by atoms with E-state index in [4.69, 9.17) is 23.1 Å². The van der Waals surface area contributed by atoms with Gasteiger partial charge in [-0.25, -0.2) is 4.79 Å². The Balaban J connectivity index is 3.00. The van der Waals surface area contributed by atoms with E-state index in [1.807, 2.05) is 0 Å². The fraction of sp³-hybridized carbons (Fsp3) is 0.786. The van der Waals surface area contributed by atoms with Gasteiger partial charge in [-0.05, 0) is 39.3 Å². The highest BCUT2D eigenvalue weighted by molar-refractivity contribution is 6.70. The van der Waals surface area contributed by atoms with Crippen LogP contribution in [-0.2, 0) is 27.9 Å². The number of hydrogen-bond donors (Lipinski definition) is 0. The molecular formula is C14H28O6Si2. The van der Waals surface area contributed by atoms with Crippen molar-refractivity contribution in [3.63, 3.8) is 0 Å². The van der Waals surface area contributed by atoms with Gasteiger partial charge in [0, 0.05) is 0 Å². The topological polar surface area (TPSA) is 63.2 Å². The molecule has 0 bridgehead atoms. The Morgan fingerprint density at radius 2 is 1.64 bits per heavy atom. The molecule has 0 saturated heterocycles. The fourth-order valence-electron chi connectivity index (χ4n) is 2.06. The predicted molar refractivity (Wildman–Crippen MR) is 88.4 cm³/mol. The lowest BCUT2D eigenvalue weighted by Crippen LogP contribution is -2.45. The molecule has 1 rings (SSSR count). The van der Waals surface area contributed by atoms with Crippen LogP contribution in [0.25, 0.3) is 0 Å². The van der Waals surface area contributed by atoms with Gasteiger partial charge < -0.3 is 23.1 Å². The van der Waals surface area contributed by atoms with E-state index in [1.165, 1.54) is 14.2 Å². The van der Waals surface area contributed by atoms with Crippen molar-refractivity contribution in [3.05, 3.63) is 11.5 Å². The molecule has 2 atom stereocenters. The first kappa shape index (κ1) is 19.2. The molecule has 0 amide bonds. The largest absolute Gasteiger partial charge is 0.493 e. The van der Waals surface area contributed by atoms with Crippen molar-refractivity contribution >= 4 is 22.6 Å². The van der Waals surface area contributed by atoms with Crippen molar-refractivity contribution < 1.29 is 27.9 Å². The van der Waals surface area contributed by atoms with Crippen molar-refractivity contribution in [3.8, 4) is 0 Å². The highest BCUT2D eigenvalue weighted by Crippen LogP contribution is 2.29. The van der Waals surface area contributed by atoms with E-state index >= 15 is 0 Å². The SMILES string of the molecule is COC1=C(OC)C(C(CO[Si](C)(C)C)O[Si](C)(C)C)OC1=O. The summed E-state index contributed by atoms with van der Waals surface area (Å²) >= 11 is 0. The molecule has 8 heteroatoms. The zero-order valence-electron chi connectivity index (χ0n) is 14.8. The van der Waals surface area contributed by atoms with E-state index in [0.29, 0.717) is 12.4 Å². The number of esters is 1. The Kier molecular flexibility index (Phi) is 6.25. The van der Waals surface area contributed by atoms with Gasteiger partial charge in [-0.2, -0.15) is 0 Å². The molecule has 0 spiro atoms. The smallest absolute Gasteiger partial charge is 0.378 e. The van der Waals surface area contributed by atoms with Crippen LogP contribution in [-0.4, -0.2) is 55.6 Å².